The first-order valence-corrected chi connectivity index (χ1v) is 11.3. The number of nitrogens with zero attached hydrogens (tertiary/aromatic N) is 2. The molecule has 2 aliphatic rings. The highest BCUT2D eigenvalue weighted by molar-refractivity contribution is 7.57. The molecule has 0 aliphatic carbocycles. The van der Waals surface area contributed by atoms with Crippen molar-refractivity contribution in [3.05, 3.63) is 35.9 Å². The first-order chi connectivity index (χ1) is 12.2. The van der Waals surface area contributed by atoms with Gasteiger partial charge in [-0.15, -0.1) is 0 Å². The largest absolute Gasteiger partial charge is 0.311 e. The second-order valence-electron chi connectivity index (χ2n) is 7.09. The summed E-state index contributed by atoms with van der Waals surface area (Å²) in [4.78, 5) is 12.8. The third-order valence-corrected chi connectivity index (χ3v) is 8.04. The fourth-order valence-corrected chi connectivity index (χ4v) is 6.44. The van der Waals surface area contributed by atoms with Crippen LogP contribution in [-0.4, -0.2) is 41.4 Å². The van der Waals surface area contributed by atoms with Crippen LogP contribution in [0.15, 0.2) is 30.3 Å². The van der Waals surface area contributed by atoms with Crippen LogP contribution in [0.2, 0.25) is 0 Å². The zero-order valence-corrected chi connectivity index (χ0v) is 15.9. The van der Waals surface area contributed by atoms with Crippen molar-refractivity contribution in [2.24, 2.45) is 0 Å². The van der Waals surface area contributed by atoms with Gasteiger partial charge in [-0.25, -0.2) is 9.34 Å². The summed E-state index contributed by atoms with van der Waals surface area (Å²) < 4.78 is 18.3. The molecule has 138 valence electrons. The Bertz CT molecular complexity index is 568. The quantitative estimate of drug-likeness (QED) is 0.812. The Kier molecular flexibility index (Phi) is 6.69. The second kappa shape index (κ2) is 8.98. The molecule has 0 radical (unpaired) electrons. The van der Waals surface area contributed by atoms with Gasteiger partial charge in [0.25, 0.3) is 5.91 Å². The van der Waals surface area contributed by atoms with E-state index in [4.69, 9.17) is 0 Å². The predicted octanol–water partition coefficient (Wildman–Crippen LogP) is 4.28. The summed E-state index contributed by atoms with van der Waals surface area (Å²) in [6.07, 6.45) is 8.95. The number of rotatable bonds is 4. The van der Waals surface area contributed by atoms with E-state index in [2.05, 4.69) is 14.4 Å². The molecule has 2 saturated heterocycles. The van der Waals surface area contributed by atoms with E-state index in [1.165, 1.54) is 25.7 Å². The van der Waals surface area contributed by atoms with E-state index in [1.54, 1.807) is 12.1 Å². The molecular formula is C19H30N3O2P. The highest BCUT2D eigenvalue weighted by Crippen LogP contribution is 2.51. The Morgan fingerprint density at radius 2 is 1.20 bits per heavy atom. The summed E-state index contributed by atoms with van der Waals surface area (Å²) in [6, 6.07) is 9.14. The minimum absolute atomic E-state index is 0.225. The molecule has 1 aromatic carbocycles. The lowest BCUT2D eigenvalue weighted by molar-refractivity contribution is 0.0973. The van der Waals surface area contributed by atoms with Crippen LogP contribution in [0.5, 0.6) is 0 Å². The molecule has 5 nitrogen and oxygen atoms in total. The van der Waals surface area contributed by atoms with Gasteiger partial charge in [0.1, 0.15) is 0 Å². The second-order valence-corrected chi connectivity index (χ2v) is 9.53. The number of hydrogen-bond acceptors (Lipinski definition) is 2. The maximum atomic E-state index is 14.1. The lowest BCUT2D eigenvalue weighted by Gasteiger charge is -2.38. The average molecular weight is 363 g/mol. The number of nitrogens with one attached hydrogen (secondary N) is 1. The van der Waals surface area contributed by atoms with E-state index < -0.39 is 7.59 Å². The van der Waals surface area contributed by atoms with Crippen molar-refractivity contribution in [1.29, 1.82) is 0 Å². The maximum Gasteiger partial charge on any atom is 0.311 e. The Morgan fingerprint density at radius 3 is 1.64 bits per heavy atom. The monoisotopic (exact) mass is 363 g/mol. The molecule has 1 N–H and O–H groups in total. The molecule has 6 heteroatoms. The van der Waals surface area contributed by atoms with Crippen LogP contribution in [0, 0.1) is 0 Å². The molecule has 0 bridgehead atoms. The van der Waals surface area contributed by atoms with Gasteiger partial charge in [-0.3, -0.25) is 14.4 Å². The molecule has 1 amide bonds. The van der Waals surface area contributed by atoms with Crippen molar-refractivity contribution in [2.75, 3.05) is 26.2 Å². The molecule has 0 saturated carbocycles. The smallest absolute Gasteiger partial charge is 0.279 e. The van der Waals surface area contributed by atoms with Crippen molar-refractivity contribution in [2.45, 2.75) is 51.4 Å². The molecule has 0 unspecified atom stereocenters. The van der Waals surface area contributed by atoms with E-state index in [1.807, 2.05) is 18.2 Å². The Balaban J connectivity index is 1.84. The number of carbonyl (C=O) groups excluding carboxylic acids is 1. The summed E-state index contributed by atoms with van der Waals surface area (Å²) >= 11 is 0. The predicted molar refractivity (Wildman–Crippen MR) is 102 cm³/mol. The minimum Gasteiger partial charge on any atom is -0.279 e. The van der Waals surface area contributed by atoms with E-state index in [-0.39, 0.29) is 5.91 Å². The standard InChI is InChI=1S/C19H30N3O2P/c23-19(18-12-6-5-7-13-18)20-25(24,21-14-8-1-2-9-15-21)22-16-10-3-4-11-17-22/h5-7,12-13H,1-4,8-11,14-17H2,(H,20,23,24). The normalized spacial score (nSPS) is 21.3. The maximum absolute atomic E-state index is 14.1. The zero-order valence-electron chi connectivity index (χ0n) is 15.0. The van der Waals surface area contributed by atoms with Crippen molar-refractivity contribution in [1.82, 2.24) is 14.4 Å². The number of benzene rings is 1. The van der Waals surface area contributed by atoms with Gasteiger partial charge in [0.15, 0.2) is 0 Å². The van der Waals surface area contributed by atoms with Gasteiger partial charge in [-0.1, -0.05) is 43.9 Å². The first kappa shape index (κ1) is 18.6. The lowest BCUT2D eigenvalue weighted by atomic mass is 10.2. The van der Waals surface area contributed by atoms with Crippen LogP contribution < -0.4 is 5.09 Å². The van der Waals surface area contributed by atoms with E-state index >= 15 is 0 Å². The highest BCUT2D eigenvalue weighted by Gasteiger charge is 2.39. The summed E-state index contributed by atoms with van der Waals surface area (Å²) in [5.74, 6) is -0.225. The van der Waals surface area contributed by atoms with Crippen molar-refractivity contribution >= 4 is 13.5 Å². The molecule has 25 heavy (non-hydrogen) atoms. The third-order valence-electron chi connectivity index (χ3n) is 5.21. The fourth-order valence-electron chi connectivity index (χ4n) is 3.76. The molecule has 1 aromatic rings. The number of hydrogen-bond donors (Lipinski definition) is 1. The van der Waals surface area contributed by atoms with Crippen molar-refractivity contribution in [3.8, 4) is 0 Å². The Hall–Kier alpha value is -1.16. The summed E-state index contributed by atoms with van der Waals surface area (Å²) in [6.45, 7) is 3.23. The number of amides is 1. The SMILES string of the molecule is O=C(NP(=O)(N1CCCCCC1)N1CCCCCC1)c1ccccc1. The van der Waals surface area contributed by atoms with Crippen LogP contribution in [0.3, 0.4) is 0 Å². The van der Waals surface area contributed by atoms with Gasteiger partial charge in [0, 0.05) is 31.7 Å². The molecule has 2 heterocycles. The summed E-state index contributed by atoms with van der Waals surface area (Å²) in [5.41, 5.74) is 0.576. The van der Waals surface area contributed by atoms with E-state index in [0.717, 1.165) is 51.9 Å². The van der Waals surface area contributed by atoms with Crippen LogP contribution in [0.1, 0.15) is 61.7 Å². The van der Waals surface area contributed by atoms with Crippen LogP contribution >= 0.6 is 7.59 Å². The molecule has 2 fully saturated rings. The zero-order chi connectivity index (χ0) is 17.5. The van der Waals surface area contributed by atoms with Gasteiger partial charge >= 0.3 is 7.59 Å². The Labute approximate surface area is 151 Å². The molecule has 3 rings (SSSR count). The first-order valence-electron chi connectivity index (χ1n) is 9.69. The molecule has 0 atom stereocenters. The highest BCUT2D eigenvalue weighted by atomic mass is 31.2. The van der Waals surface area contributed by atoms with Crippen molar-refractivity contribution < 1.29 is 9.36 Å². The summed E-state index contributed by atoms with van der Waals surface area (Å²) in [5, 5.41) is 2.97. The average Bonchev–Trinajstić information content (AvgIpc) is 3.08. The van der Waals surface area contributed by atoms with E-state index in [9.17, 15) is 9.36 Å². The van der Waals surface area contributed by atoms with Crippen molar-refractivity contribution in [3.63, 3.8) is 0 Å². The third kappa shape index (κ3) is 4.72. The van der Waals surface area contributed by atoms with Gasteiger partial charge in [-0.2, -0.15) is 0 Å². The molecule has 2 aliphatic heterocycles. The minimum atomic E-state index is -3.08. The summed E-state index contributed by atoms with van der Waals surface area (Å²) in [7, 11) is -3.08. The van der Waals surface area contributed by atoms with Crippen LogP contribution in [0.25, 0.3) is 0 Å². The molecule has 0 spiro atoms. The Morgan fingerprint density at radius 1 is 0.760 bits per heavy atom. The van der Waals surface area contributed by atoms with Crippen LogP contribution in [-0.2, 0) is 4.57 Å². The molecule has 0 aromatic heterocycles. The van der Waals surface area contributed by atoms with E-state index in [0.29, 0.717) is 5.56 Å². The fraction of sp³-hybridized carbons (Fsp3) is 0.632. The van der Waals surface area contributed by atoms with Crippen LogP contribution in [0.4, 0.5) is 0 Å². The van der Waals surface area contributed by atoms with Gasteiger partial charge in [-0.05, 0) is 37.8 Å². The lowest BCUT2D eigenvalue weighted by Crippen LogP contribution is -2.41. The topological polar surface area (TPSA) is 52.7 Å². The van der Waals surface area contributed by atoms with Gasteiger partial charge < -0.3 is 0 Å². The van der Waals surface area contributed by atoms with Gasteiger partial charge in [0.05, 0.1) is 0 Å². The van der Waals surface area contributed by atoms with Gasteiger partial charge in [0.2, 0.25) is 0 Å². The number of carbonyl (C=O) groups is 1. The molecular weight excluding hydrogens is 333 g/mol.